The number of hydrogen-bond acceptors (Lipinski definition) is 6. The van der Waals surface area contributed by atoms with Gasteiger partial charge in [0.1, 0.15) is 5.75 Å². The highest BCUT2D eigenvalue weighted by Gasteiger charge is 2.44. The molecule has 1 aromatic carbocycles. The van der Waals surface area contributed by atoms with Gasteiger partial charge in [-0.05, 0) is 43.1 Å². The highest BCUT2D eigenvalue weighted by atomic mass is 16.5. The summed E-state index contributed by atoms with van der Waals surface area (Å²) in [5.74, 6) is 1.68. The number of nitrogens with zero attached hydrogens (tertiary/aromatic N) is 4. The Morgan fingerprint density at radius 3 is 2.78 bits per heavy atom. The topological polar surface area (TPSA) is 50.7 Å². The first-order valence-corrected chi connectivity index (χ1v) is 9.67. The molecular formula is C21H28N4O2. The normalized spacial score (nSPS) is 25.6. The number of aromatic nitrogens is 2. The highest BCUT2D eigenvalue weighted by Crippen LogP contribution is 2.37. The van der Waals surface area contributed by atoms with Gasteiger partial charge in [0.05, 0.1) is 25.4 Å². The van der Waals surface area contributed by atoms with E-state index in [0.29, 0.717) is 6.04 Å². The van der Waals surface area contributed by atoms with Crippen LogP contribution in [0.4, 0.5) is 5.95 Å². The lowest BCUT2D eigenvalue weighted by atomic mass is 9.88. The molecular weight excluding hydrogens is 340 g/mol. The van der Waals surface area contributed by atoms with Gasteiger partial charge in [0.15, 0.2) is 0 Å². The minimum Gasteiger partial charge on any atom is -0.497 e. The Morgan fingerprint density at radius 1 is 1.26 bits per heavy atom. The van der Waals surface area contributed by atoms with Crippen LogP contribution in [0.15, 0.2) is 42.7 Å². The zero-order valence-corrected chi connectivity index (χ0v) is 16.2. The molecule has 0 unspecified atom stereocenters. The van der Waals surface area contributed by atoms with E-state index in [9.17, 15) is 0 Å². The van der Waals surface area contributed by atoms with Gasteiger partial charge in [-0.3, -0.25) is 4.90 Å². The Labute approximate surface area is 161 Å². The minimum absolute atomic E-state index is 0.0432. The molecule has 0 bridgehead atoms. The van der Waals surface area contributed by atoms with Gasteiger partial charge in [0, 0.05) is 39.0 Å². The number of ether oxygens (including phenoxy) is 2. The van der Waals surface area contributed by atoms with Crippen LogP contribution in [0.25, 0.3) is 0 Å². The zero-order chi connectivity index (χ0) is 18.7. The van der Waals surface area contributed by atoms with Gasteiger partial charge in [-0.2, -0.15) is 0 Å². The largest absolute Gasteiger partial charge is 0.497 e. The van der Waals surface area contributed by atoms with Crippen molar-refractivity contribution in [3.8, 4) is 5.75 Å². The average Bonchev–Trinajstić information content (AvgIpc) is 3.12. The van der Waals surface area contributed by atoms with Crippen LogP contribution in [0.2, 0.25) is 0 Å². The smallest absolute Gasteiger partial charge is 0.225 e. The molecule has 0 aliphatic carbocycles. The molecule has 2 aromatic rings. The molecule has 2 fully saturated rings. The molecule has 2 atom stereocenters. The van der Waals surface area contributed by atoms with Crippen LogP contribution in [0.1, 0.15) is 24.8 Å². The van der Waals surface area contributed by atoms with E-state index in [1.54, 1.807) is 19.5 Å². The zero-order valence-electron chi connectivity index (χ0n) is 16.2. The maximum absolute atomic E-state index is 6.38. The Hall–Kier alpha value is -2.18. The van der Waals surface area contributed by atoms with Crippen LogP contribution in [-0.4, -0.2) is 60.4 Å². The van der Waals surface area contributed by atoms with Gasteiger partial charge in [-0.15, -0.1) is 0 Å². The molecule has 27 heavy (non-hydrogen) atoms. The summed E-state index contributed by atoms with van der Waals surface area (Å²) in [6, 6.07) is 10.5. The Kier molecular flexibility index (Phi) is 5.27. The first-order chi connectivity index (χ1) is 13.2. The second-order valence-corrected chi connectivity index (χ2v) is 7.67. The summed E-state index contributed by atoms with van der Waals surface area (Å²) in [7, 11) is 3.77. The molecule has 0 N–H and O–H groups in total. The Bertz CT molecular complexity index is 740. The van der Waals surface area contributed by atoms with Crippen LogP contribution in [0, 0.1) is 0 Å². The predicted octanol–water partition coefficient (Wildman–Crippen LogP) is 2.75. The van der Waals surface area contributed by atoms with Crippen molar-refractivity contribution in [2.24, 2.45) is 0 Å². The minimum atomic E-state index is -0.0432. The average molecular weight is 368 g/mol. The molecule has 2 aliphatic rings. The standard InChI is InChI=1S/C21H28N4O2/c1-24(20-22-10-4-11-23-20)18-13-21(27-15-18)9-3-12-25(16-21)14-17-5-7-19(26-2)8-6-17/h4-8,10-11,18H,3,9,12-16H2,1-2H3/t18-,21+/m1/s1. The summed E-state index contributed by atoms with van der Waals surface area (Å²) >= 11 is 0. The lowest BCUT2D eigenvalue weighted by Gasteiger charge is -2.40. The molecule has 1 aromatic heterocycles. The number of likely N-dealkylation sites (tertiary alicyclic amines) is 1. The SMILES string of the molecule is COc1ccc(CN2CCC[C@]3(C[C@@H](N(C)c4ncccn4)CO3)C2)cc1. The van der Waals surface area contributed by atoms with Crippen LogP contribution < -0.4 is 9.64 Å². The van der Waals surface area contributed by atoms with Crippen molar-refractivity contribution < 1.29 is 9.47 Å². The van der Waals surface area contributed by atoms with Gasteiger partial charge in [-0.1, -0.05) is 12.1 Å². The van der Waals surface area contributed by atoms with E-state index >= 15 is 0 Å². The molecule has 0 saturated carbocycles. The van der Waals surface area contributed by atoms with E-state index < -0.39 is 0 Å². The van der Waals surface area contributed by atoms with Crippen LogP contribution >= 0.6 is 0 Å². The molecule has 4 rings (SSSR count). The van der Waals surface area contributed by atoms with E-state index in [2.05, 4.69) is 38.9 Å². The molecule has 1 spiro atoms. The third-order valence-electron chi connectivity index (χ3n) is 5.79. The Balaban J connectivity index is 1.38. The molecule has 6 nitrogen and oxygen atoms in total. The van der Waals surface area contributed by atoms with Crippen molar-refractivity contribution >= 4 is 5.95 Å². The predicted molar refractivity (Wildman–Crippen MR) is 105 cm³/mol. The number of likely N-dealkylation sites (N-methyl/N-ethyl adjacent to an activating group) is 1. The molecule has 0 amide bonds. The van der Waals surface area contributed by atoms with E-state index in [4.69, 9.17) is 9.47 Å². The van der Waals surface area contributed by atoms with Gasteiger partial charge in [0.2, 0.25) is 5.95 Å². The fraction of sp³-hybridized carbons (Fsp3) is 0.524. The van der Waals surface area contributed by atoms with Crippen molar-refractivity contribution in [2.75, 3.05) is 38.8 Å². The van der Waals surface area contributed by atoms with Gasteiger partial charge in [-0.25, -0.2) is 9.97 Å². The number of anilines is 1. The molecule has 3 heterocycles. The number of rotatable bonds is 5. The van der Waals surface area contributed by atoms with Gasteiger partial charge >= 0.3 is 0 Å². The van der Waals surface area contributed by atoms with Gasteiger partial charge in [0.25, 0.3) is 0 Å². The van der Waals surface area contributed by atoms with E-state index in [-0.39, 0.29) is 5.60 Å². The molecule has 6 heteroatoms. The van der Waals surface area contributed by atoms with Gasteiger partial charge < -0.3 is 14.4 Å². The second-order valence-electron chi connectivity index (χ2n) is 7.67. The maximum Gasteiger partial charge on any atom is 0.225 e. The van der Waals surface area contributed by atoms with Crippen molar-refractivity contribution in [1.29, 1.82) is 0 Å². The monoisotopic (exact) mass is 368 g/mol. The maximum atomic E-state index is 6.38. The summed E-state index contributed by atoms with van der Waals surface area (Å²) in [6.07, 6.45) is 6.92. The summed E-state index contributed by atoms with van der Waals surface area (Å²) in [5.41, 5.74) is 1.27. The molecule has 2 saturated heterocycles. The summed E-state index contributed by atoms with van der Waals surface area (Å²) in [4.78, 5) is 13.4. The van der Waals surface area contributed by atoms with Crippen molar-refractivity contribution in [3.05, 3.63) is 48.3 Å². The quantitative estimate of drug-likeness (QED) is 0.809. The summed E-state index contributed by atoms with van der Waals surface area (Å²) in [5, 5.41) is 0. The number of piperidine rings is 1. The van der Waals surface area contributed by atoms with Crippen LogP contribution in [0.3, 0.4) is 0 Å². The number of methoxy groups -OCH3 is 1. The second kappa shape index (κ2) is 7.82. The number of hydrogen-bond donors (Lipinski definition) is 0. The summed E-state index contributed by atoms with van der Waals surface area (Å²) in [6.45, 7) is 3.81. The lowest BCUT2D eigenvalue weighted by molar-refractivity contribution is -0.0533. The first kappa shape index (κ1) is 18.2. The Morgan fingerprint density at radius 2 is 2.04 bits per heavy atom. The fourth-order valence-electron chi connectivity index (χ4n) is 4.30. The van der Waals surface area contributed by atoms with Crippen molar-refractivity contribution in [2.45, 2.75) is 37.5 Å². The highest BCUT2D eigenvalue weighted by molar-refractivity contribution is 5.30. The summed E-state index contributed by atoms with van der Waals surface area (Å²) < 4.78 is 11.6. The number of benzene rings is 1. The third-order valence-corrected chi connectivity index (χ3v) is 5.79. The lowest BCUT2D eigenvalue weighted by Crippen LogP contribution is -2.48. The van der Waals surface area contributed by atoms with Crippen molar-refractivity contribution in [3.63, 3.8) is 0 Å². The van der Waals surface area contributed by atoms with Crippen LogP contribution in [0.5, 0.6) is 5.75 Å². The third kappa shape index (κ3) is 4.06. The molecule has 144 valence electrons. The fourth-order valence-corrected chi connectivity index (χ4v) is 4.30. The molecule has 2 aliphatic heterocycles. The van der Waals surface area contributed by atoms with E-state index in [1.807, 2.05) is 18.2 Å². The van der Waals surface area contributed by atoms with Crippen LogP contribution in [-0.2, 0) is 11.3 Å². The first-order valence-electron chi connectivity index (χ1n) is 9.67. The van der Waals surface area contributed by atoms with Crippen molar-refractivity contribution in [1.82, 2.24) is 14.9 Å². The molecule has 0 radical (unpaired) electrons. The van der Waals surface area contributed by atoms with E-state index in [1.165, 1.54) is 12.0 Å². The van der Waals surface area contributed by atoms with E-state index in [0.717, 1.165) is 50.8 Å².